The highest BCUT2D eigenvalue weighted by atomic mass is 35.5. The van der Waals surface area contributed by atoms with E-state index < -0.39 is 11.8 Å². The quantitative estimate of drug-likeness (QED) is 0.338. The topological polar surface area (TPSA) is 49.4 Å². The predicted octanol–water partition coefficient (Wildman–Crippen LogP) is 4.37. The second-order valence-electron chi connectivity index (χ2n) is 5.24. The number of carbonyl (C=O) groups is 2. The Kier molecular flexibility index (Phi) is 5.93. The van der Waals surface area contributed by atoms with Crippen molar-refractivity contribution < 1.29 is 9.59 Å². The number of benzene rings is 1. The highest BCUT2D eigenvalue weighted by Gasteiger charge is 2.32. The monoisotopic (exact) mass is 420 g/mol. The summed E-state index contributed by atoms with van der Waals surface area (Å²) in [7, 11) is 0. The predicted molar refractivity (Wildman–Crippen MR) is 111 cm³/mol. The summed E-state index contributed by atoms with van der Waals surface area (Å²) in [6.45, 7) is 3.86. The molecule has 26 heavy (non-hydrogen) atoms. The van der Waals surface area contributed by atoms with E-state index in [2.05, 4.69) is 11.9 Å². The molecule has 1 aliphatic heterocycles. The number of thiophene rings is 1. The largest absolute Gasteiger partial charge is 0.298 e. The van der Waals surface area contributed by atoms with Gasteiger partial charge in [0.2, 0.25) is 0 Å². The maximum absolute atomic E-state index is 12.6. The van der Waals surface area contributed by atoms with Crippen LogP contribution in [-0.4, -0.2) is 28.4 Å². The second-order valence-corrected chi connectivity index (χ2v) is 8.32. The van der Waals surface area contributed by atoms with E-state index in [1.807, 2.05) is 35.7 Å². The first-order valence-electron chi connectivity index (χ1n) is 7.50. The average molecular weight is 421 g/mol. The molecular formula is C18H13ClN2O2S3. The Morgan fingerprint density at radius 1 is 1.27 bits per heavy atom. The number of rotatable bonds is 5. The van der Waals surface area contributed by atoms with E-state index in [-0.39, 0.29) is 17.2 Å². The van der Waals surface area contributed by atoms with Crippen LogP contribution < -0.4 is 5.32 Å². The van der Waals surface area contributed by atoms with Crippen molar-refractivity contribution in [3.8, 4) is 0 Å². The third-order valence-electron chi connectivity index (χ3n) is 3.48. The molecule has 1 fully saturated rings. The summed E-state index contributed by atoms with van der Waals surface area (Å²) in [5.41, 5.74) is 0.858. The van der Waals surface area contributed by atoms with Gasteiger partial charge in [0.15, 0.2) is 5.11 Å². The molecule has 0 saturated carbocycles. The van der Waals surface area contributed by atoms with Gasteiger partial charge in [0, 0.05) is 22.0 Å². The zero-order valence-electron chi connectivity index (χ0n) is 13.4. The van der Waals surface area contributed by atoms with Gasteiger partial charge in [-0.25, -0.2) is 0 Å². The van der Waals surface area contributed by atoms with E-state index in [1.54, 1.807) is 23.9 Å². The molecule has 1 saturated heterocycles. The summed E-state index contributed by atoms with van der Waals surface area (Å²) in [5.74, 6) is -0.916. The van der Waals surface area contributed by atoms with E-state index in [0.29, 0.717) is 5.02 Å². The Labute approximate surface area is 169 Å². The van der Waals surface area contributed by atoms with Gasteiger partial charge < -0.3 is 0 Å². The molecule has 2 amide bonds. The molecule has 1 aromatic carbocycles. The Morgan fingerprint density at radius 2 is 2.00 bits per heavy atom. The Bertz CT molecular complexity index is 919. The van der Waals surface area contributed by atoms with Gasteiger partial charge in [0.05, 0.1) is 4.21 Å². The van der Waals surface area contributed by atoms with Crippen molar-refractivity contribution in [2.45, 2.75) is 9.10 Å². The fourth-order valence-electron chi connectivity index (χ4n) is 2.25. The molecule has 3 rings (SSSR count). The minimum absolute atomic E-state index is 0.0526. The zero-order valence-corrected chi connectivity index (χ0v) is 16.6. The summed E-state index contributed by atoms with van der Waals surface area (Å²) < 4.78 is 0.976. The molecule has 0 unspecified atom stereocenters. The van der Waals surface area contributed by atoms with Crippen LogP contribution in [0.15, 0.2) is 63.0 Å². The third-order valence-corrected chi connectivity index (χ3v) is 6.24. The summed E-state index contributed by atoms with van der Waals surface area (Å²) in [4.78, 5) is 27.2. The lowest BCUT2D eigenvalue weighted by molar-refractivity contribution is -0.128. The molecule has 132 valence electrons. The zero-order chi connectivity index (χ0) is 18.7. The van der Waals surface area contributed by atoms with Gasteiger partial charge in [0.25, 0.3) is 11.8 Å². The van der Waals surface area contributed by atoms with Crippen LogP contribution in [0, 0.1) is 0 Å². The molecule has 4 nitrogen and oxygen atoms in total. The normalized spacial score (nSPS) is 16.1. The number of hydrogen-bond acceptors (Lipinski definition) is 5. The van der Waals surface area contributed by atoms with Gasteiger partial charge >= 0.3 is 0 Å². The van der Waals surface area contributed by atoms with Crippen LogP contribution in [0.5, 0.6) is 0 Å². The van der Waals surface area contributed by atoms with Crippen molar-refractivity contribution >= 4 is 69.9 Å². The molecular weight excluding hydrogens is 408 g/mol. The lowest BCUT2D eigenvalue weighted by Crippen LogP contribution is -2.53. The summed E-state index contributed by atoms with van der Waals surface area (Å²) in [6, 6.07) is 9.36. The Hall–Kier alpha value is -1.93. The number of halogens is 1. The van der Waals surface area contributed by atoms with E-state index in [0.717, 1.165) is 14.7 Å². The Balaban J connectivity index is 1.89. The number of carbonyl (C=O) groups excluding carboxylic acids is 2. The molecule has 0 atom stereocenters. The molecule has 0 radical (unpaired) electrons. The van der Waals surface area contributed by atoms with Crippen molar-refractivity contribution in [1.29, 1.82) is 0 Å². The molecule has 2 heterocycles. The first kappa shape index (κ1) is 18.8. The van der Waals surface area contributed by atoms with Crippen LogP contribution in [0.4, 0.5) is 0 Å². The van der Waals surface area contributed by atoms with Crippen molar-refractivity contribution in [2.24, 2.45) is 0 Å². The minimum Gasteiger partial charge on any atom is -0.298 e. The molecule has 1 aliphatic rings. The van der Waals surface area contributed by atoms with Crippen molar-refractivity contribution in [3.63, 3.8) is 0 Å². The molecule has 2 aromatic rings. The van der Waals surface area contributed by atoms with Crippen molar-refractivity contribution in [1.82, 2.24) is 10.2 Å². The highest BCUT2D eigenvalue weighted by Crippen LogP contribution is 2.36. The van der Waals surface area contributed by atoms with Gasteiger partial charge in [-0.3, -0.25) is 19.8 Å². The summed E-state index contributed by atoms with van der Waals surface area (Å²) in [5, 5.41) is 5.23. The van der Waals surface area contributed by atoms with Crippen LogP contribution in [0.3, 0.4) is 0 Å². The standard InChI is InChI=1S/C18H13ClN2O2S3/c1-2-8-21-16(23)14(15(22)20-18(21)24)10-11-7-9-25-17(11)26-13-5-3-12(19)4-6-13/h2-7,9-10H,1,8H2,(H,20,22,24). The van der Waals surface area contributed by atoms with E-state index in [1.165, 1.54) is 16.2 Å². The fourth-order valence-corrected chi connectivity index (χ4v) is 4.61. The van der Waals surface area contributed by atoms with Gasteiger partial charge in [-0.2, -0.15) is 0 Å². The minimum atomic E-state index is -0.492. The Morgan fingerprint density at radius 3 is 2.69 bits per heavy atom. The van der Waals surface area contributed by atoms with Gasteiger partial charge in [-0.15, -0.1) is 17.9 Å². The third kappa shape index (κ3) is 4.07. The van der Waals surface area contributed by atoms with Gasteiger partial charge in [0.1, 0.15) is 5.57 Å². The number of nitrogens with one attached hydrogen (secondary N) is 1. The van der Waals surface area contributed by atoms with E-state index >= 15 is 0 Å². The van der Waals surface area contributed by atoms with Gasteiger partial charge in [-0.1, -0.05) is 29.4 Å². The van der Waals surface area contributed by atoms with Crippen molar-refractivity contribution in [2.75, 3.05) is 6.54 Å². The van der Waals surface area contributed by atoms with Crippen LogP contribution in [-0.2, 0) is 9.59 Å². The SMILES string of the molecule is C=CCN1C(=O)C(=Cc2ccsc2Sc2ccc(Cl)cc2)C(=O)NC1=S. The number of thiocarbonyl (C=S) groups is 1. The highest BCUT2D eigenvalue weighted by molar-refractivity contribution is 8.01. The molecule has 1 N–H and O–H groups in total. The smallest absolute Gasteiger partial charge is 0.265 e. The molecule has 1 aromatic heterocycles. The van der Waals surface area contributed by atoms with Crippen LogP contribution in [0.25, 0.3) is 6.08 Å². The first-order valence-corrected chi connectivity index (χ1v) is 9.98. The molecule has 0 bridgehead atoms. The van der Waals surface area contributed by atoms with Crippen molar-refractivity contribution in [3.05, 3.63) is 64.5 Å². The first-order chi connectivity index (χ1) is 12.5. The van der Waals surface area contributed by atoms with E-state index in [4.69, 9.17) is 23.8 Å². The number of hydrogen-bond donors (Lipinski definition) is 1. The summed E-state index contributed by atoms with van der Waals surface area (Å²) in [6.07, 6.45) is 3.16. The molecule has 8 heteroatoms. The van der Waals surface area contributed by atoms with E-state index in [9.17, 15) is 9.59 Å². The average Bonchev–Trinajstić information content (AvgIpc) is 3.04. The summed E-state index contributed by atoms with van der Waals surface area (Å²) >= 11 is 14.1. The van der Waals surface area contributed by atoms with Crippen LogP contribution in [0.1, 0.15) is 5.56 Å². The van der Waals surface area contributed by atoms with Gasteiger partial charge in [-0.05, 0) is 54.0 Å². The number of nitrogens with zero attached hydrogens (tertiary/aromatic N) is 1. The second kappa shape index (κ2) is 8.18. The lowest BCUT2D eigenvalue weighted by atomic mass is 10.1. The maximum Gasteiger partial charge on any atom is 0.265 e. The molecule has 0 spiro atoms. The number of amides is 2. The molecule has 0 aliphatic carbocycles. The fraction of sp³-hybridized carbons (Fsp3) is 0.0556. The lowest BCUT2D eigenvalue weighted by Gasteiger charge is -2.27. The van der Waals surface area contributed by atoms with Crippen LogP contribution >= 0.6 is 46.9 Å². The maximum atomic E-state index is 12.6. The van der Waals surface area contributed by atoms with Crippen LogP contribution in [0.2, 0.25) is 5.02 Å².